The SMILES string of the molecule is Cc1ccc(CN2C[C@@H]3Cn4c(-c5cccnc5)cnc4[C@@H]3C2)s1. The lowest BCUT2D eigenvalue weighted by Crippen LogP contribution is -2.21. The van der Waals surface area contributed by atoms with Gasteiger partial charge in [0.25, 0.3) is 0 Å². The Labute approximate surface area is 145 Å². The quantitative estimate of drug-likeness (QED) is 0.733. The van der Waals surface area contributed by atoms with Crippen molar-refractivity contribution in [2.45, 2.75) is 25.9 Å². The third-order valence-electron chi connectivity index (χ3n) is 5.28. The van der Waals surface area contributed by atoms with E-state index >= 15 is 0 Å². The average molecular weight is 336 g/mol. The molecule has 0 aliphatic carbocycles. The van der Waals surface area contributed by atoms with Crippen molar-refractivity contribution in [1.29, 1.82) is 0 Å². The van der Waals surface area contributed by atoms with Gasteiger partial charge >= 0.3 is 0 Å². The fourth-order valence-corrected chi connectivity index (χ4v) is 5.15. The van der Waals surface area contributed by atoms with Gasteiger partial charge in [-0.1, -0.05) is 0 Å². The molecule has 2 aliphatic rings. The standard InChI is InChI=1S/C19H20N4S/c1-13-4-5-16(24-13)11-22-9-15-10-23-18(14-3-2-6-20-7-14)8-21-19(23)17(15)12-22/h2-8,15,17H,9-12H2,1H3/t15-,17-/m1/s1. The van der Waals surface area contributed by atoms with E-state index in [9.17, 15) is 0 Å². The van der Waals surface area contributed by atoms with Crippen LogP contribution in [0.15, 0.2) is 42.9 Å². The number of nitrogens with zero attached hydrogens (tertiary/aromatic N) is 4. The first-order chi connectivity index (χ1) is 11.8. The Balaban J connectivity index is 1.37. The van der Waals surface area contributed by atoms with Crippen LogP contribution in [0.3, 0.4) is 0 Å². The van der Waals surface area contributed by atoms with E-state index in [0.29, 0.717) is 11.8 Å². The number of imidazole rings is 1. The molecule has 5 heterocycles. The summed E-state index contributed by atoms with van der Waals surface area (Å²) >= 11 is 1.92. The summed E-state index contributed by atoms with van der Waals surface area (Å²) in [5.41, 5.74) is 2.38. The normalized spacial score (nSPS) is 22.7. The van der Waals surface area contributed by atoms with Crippen LogP contribution < -0.4 is 0 Å². The summed E-state index contributed by atoms with van der Waals surface area (Å²) in [7, 11) is 0. The molecule has 4 nitrogen and oxygen atoms in total. The fourth-order valence-electron chi connectivity index (χ4n) is 4.21. The van der Waals surface area contributed by atoms with E-state index in [1.165, 1.54) is 33.4 Å². The molecule has 0 radical (unpaired) electrons. The Morgan fingerprint density at radius 1 is 1.17 bits per heavy atom. The summed E-state index contributed by atoms with van der Waals surface area (Å²) in [5.74, 6) is 2.55. The molecule has 0 saturated carbocycles. The Hall–Kier alpha value is -1.98. The molecule has 1 fully saturated rings. The van der Waals surface area contributed by atoms with Gasteiger partial charge in [-0.15, -0.1) is 11.3 Å². The highest BCUT2D eigenvalue weighted by Crippen LogP contribution is 2.41. The number of thiophene rings is 1. The summed E-state index contributed by atoms with van der Waals surface area (Å²) in [4.78, 5) is 14.5. The van der Waals surface area contributed by atoms with Crippen LogP contribution in [0.5, 0.6) is 0 Å². The Kier molecular flexibility index (Phi) is 3.31. The molecule has 3 aromatic rings. The maximum atomic E-state index is 4.77. The number of rotatable bonds is 3. The first-order valence-corrected chi connectivity index (χ1v) is 9.33. The van der Waals surface area contributed by atoms with Crippen LogP contribution in [0.2, 0.25) is 0 Å². The molecule has 2 aliphatic heterocycles. The van der Waals surface area contributed by atoms with Crippen LogP contribution in [-0.4, -0.2) is 32.5 Å². The molecule has 122 valence electrons. The van der Waals surface area contributed by atoms with Gasteiger partial charge in [-0.3, -0.25) is 9.88 Å². The van der Waals surface area contributed by atoms with Crippen molar-refractivity contribution in [1.82, 2.24) is 19.4 Å². The van der Waals surface area contributed by atoms with Gasteiger partial charge in [-0.05, 0) is 31.2 Å². The van der Waals surface area contributed by atoms with E-state index in [0.717, 1.165) is 19.6 Å². The lowest BCUT2D eigenvalue weighted by atomic mass is 9.99. The number of hydrogen-bond acceptors (Lipinski definition) is 4. The van der Waals surface area contributed by atoms with Crippen LogP contribution in [0.1, 0.15) is 21.5 Å². The second-order valence-corrected chi connectivity index (χ2v) is 8.30. The molecule has 2 atom stereocenters. The molecule has 0 N–H and O–H groups in total. The minimum Gasteiger partial charge on any atom is -0.327 e. The summed E-state index contributed by atoms with van der Waals surface area (Å²) in [6.45, 7) is 6.66. The average Bonchev–Trinajstić information content (AvgIpc) is 3.31. The van der Waals surface area contributed by atoms with Gasteiger partial charge in [0.05, 0.1) is 11.9 Å². The van der Waals surface area contributed by atoms with Crippen LogP contribution in [-0.2, 0) is 13.1 Å². The first kappa shape index (κ1) is 14.4. The Bertz CT molecular complexity index is 867. The van der Waals surface area contributed by atoms with Crippen molar-refractivity contribution in [2.24, 2.45) is 5.92 Å². The van der Waals surface area contributed by atoms with Crippen LogP contribution in [0.25, 0.3) is 11.3 Å². The number of hydrogen-bond donors (Lipinski definition) is 0. The molecule has 5 rings (SSSR count). The molecule has 0 aromatic carbocycles. The summed E-state index contributed by atoms with van der Waals surface area (Å²) in [5, 5.41) is 0. The number of fused-ring (bicyclic) bond motifs is 3. The summed E-state index contributed by atoms with van der Waals surface area (Å²) < 4.78 is 2.42. The van der Waals surface area contributed by atoms with Crippen molar-refractivity contribution >= 4 is 11.3 Å². The van der Waals surface area contributed by atoms with Crippen molar-refractivity contribution < 1.29 is 0 Å². The minimum atomic E-state index is 0.580. The molecule has 0 unspecified atom stereocenters. The zero-order valence-corrected chi connectivity index (χ0v) is 14.5. The number of aryl methyl sites for hydroxylation is 1. The van der Waals surface area contributed by atoms with Crippen LogP contribution in [0, 0.1) is 12.8 Å². The van der Waals surface area contributed by atoms with Gasteiger partial charge in [0.1, 0.15) is 5.82 Å². The Morgan fingerprint density at radius 3 is 2.92 bits per heavy atom. The number of likely N-dealkylation sites (tertiary alicyclic amines) is 1. The van der Waals surface area contributed by atoms with Gasteiger partial charge in [-0.25, -0.2) is 4.98 Å². The third-order valence-corrected chi connectivity index (χ3v) is 6.27. The zero-order valence-electron chi connectivity index (χ0n) is 13.7. The van der Waals surface area contributed by atoms with Gasteiger partial charge in [-0.2, -0.15) is 0 Å². The van der Waals surface area contributed by atoms with Crippen molar-refractivity contribution in [2.75, 3.05) is 13.1 Å². The monoisotopic (exact) mass is 336 g/mol. The highest BCUT2D eigenvalue weighted by atomic mass is 32.1. The fraction of sp³-hybridized carbons (Fsp3) is 0.368. The van der Waals surface area contributed by atoms with E-state index in [4.69, 9.17) is 4.98 Å². The predicted molar refractivity (Wildman–Crippen MR) is 96.0 cm³/mol. The summed E-state index contributed by atoms with van der Waals surface area (Å²) in [6.07, 6.45) is 5.78. The maximum absolute atomic E-state index is 4.77. The number of aromatic nitrogens is 3. The molecule has 0 spiro atoms. The van der Waals surface area contributed by atoms with Crippen LogP contribution >= 0.6 is 11.3 Å². The third kappa shape index (κ3) is 2.31. The molecule has 3 aromatic heterocycles. The Morgan fingerprint density at radius 2 is 2.12 bits per heavy atom. The van der Waals surface area contributed by atoms with Gasteiger partial charge < -0.3 is 4.57 Å². The van der Waals surface area contributed by atoms with E-state index in [2.05, 4.69) is 39.6 Å². The molecular weight excluding hydrogens is 316 g/mol. The van der Waals surface area contributed by atoms with Gasteiger partial charge in [0, 0.05) is 65.7 Å². The van der Waals surface area contributed by atoms with Crippen LogP contribution in [0.4, 0.5) is 0 Å². The smallest absolute Gasteiger partial charge is 0.113 e. The van der Waals surface area contributed by atoms with E-state index < -0.39 is 0 Å². The highest BCUT2D eigenvalue weighted by molar-refractivity contribution is 7.11. The lowest BCUT2D eigenvalue weighted by Gasteiger charge is -2.16. The van der Waals surface area contributed by atoms with Gasteiger partial charge in [0.15, 0.2) is 0 Å². The summed E-state index contributed by atoms with van der Waals surface area (Å²) in [6, 6.07) is 8.62. The predicted octanol–water partition coefficient (Wildman–Crippen LogP) is 3.54. The maximum Gasteiger partial charge on any atom is 0.113 e. The second kappa shape index (κ2) is 5.53. The van der Waals surface area contributed by atoms with E-state index in [1.807, 2.05) is 36.0 Å². The minimum absolute atomic E-state index is 0.580. The molecule has 24 heavy (non-hydrogen) atoms. The molecular formula is C19H20N4S. The van der Waals surface area contributed by atoms with E-state index in [1.54, 1.807) is 0 Å². The van der Waals surface area contributed by atoms with Gasteiger partial charge in [0.2, 0.25) is 0 Å². The molecule has 5 heteroatoms. The molecule has 0 bridgehead atoms. The largest absolute Gasteiger partial charge is 0.327 e. The first-order valence-electron chi connectivity index (χ1n) is 8.51. The highest BCUT2D eigenvalue weighted by Gasteiger charge is 2.42. The lowest BCUT2D eigenvalue weighted by molar-refractivity contribution is 0.309. The second-order valence-electron chi connectivity index (χ2n) is 6.93. The topological polar surface area (TPSA) is 34.0 Å². The van der Waals surface area contributed by atoms with Crippen molar-refractivity contribution in [3.05, 3.63) is 58.4 Å². The zero-order chi connectivity index (χ0) is 16.1. The molecule has 0 amide bonds. The number of pyridine rings is 1. The van der Waals surface area contributed by atoms with E-state index in [-0.39, 0.29) is 0 Å². The molecule has 1 saturated heterocycles. The van der Waals surface area contributed by atoms with Crippen molar-refractivity contribution in [3.8, 4) is 11.3 Å². The van der Waals surface area contributed by atoms with Crippen molar-refractivity contribution in [3.63, 3.8) is 0 Å².